The van der Waals surface area contributed by atoms with Crippen LogP contribution in [0.3, 0.4) is 0 Å². The molecule has 0 aromatic rings. The Morgan fingerprint density at radius 3 is 1.03 bits per heavy atom. The summed E-state index contributed by atoms with van der Waals surface area (Å²) in [5.41, 5.74) is 0. The van der Waals surface area contributed by atoms with Gasteiger partial charge < -0.3 is 20.3 Å². The molecule has 0 saturated carbocycles. The first kappa shape index (κ1) is 67.3. The Kier molecular flexibility index (Phi) is 57.5. The molecule has 408 valence electrons. The molecule has 69 heavy (non-hydrogen) atoms. The quantitative estimate of drug-likeness (QED) is 0.0321. The topological polar surface area (TPSA) is 95.9 Å². The number of carbonyl (C=O) groups is 2. The van der Waals surface area contributed by atoms with E-state index in [-0.39, 0.29) is 18.5 Å². The van der Waals surface area contributed by atoms with E-state index in [9.17, 15) is 19.8 Å². The molecule has 0 saturated heterocycles. The second-order valence-electron chi connectivity index (χ2n) is 21.4. The van der Waals surface area contributed by atoms with Crippen molar-refractivity contribution in [3.63, 3.8) is 0 Å². The molecule has 0 aromatic heterocycles. The predicted octanol–water partition coefficient (Wildman–Crippen LogP) is 19.4. The van der Waals surface area contributed by atoms with Crippen molar-refractivity contribution >= 4 is 11.9 Å². The highest BCUT2D eigenvalue weighted by atomic mass is 16.5. The van der Waals surface area contributed by atoms with E-state index in [1.54, 1.807) is 0 Å². The van der Waals surface area contributed by atoms with Crippen LogP contribution in [0.15, 0.2) is 24.3 Å². The normalized spacial score (nSPS) is 12.7. The SMILES string of the molecule is CCCCCCCC/C=C\CCCCCCCCCC(=O)OCCCCCCCC/C=C\CCCCCCCCCC(=O)NC(CO)C(O)CCCCCCCCCCCCCCCCCCCC. The summed E-state index contributed by atoms with van der Waals surface area (Å²) in [6.07, 6.45) is 71.8. The van der Waals surface area contributed by atoms with E-state index in [0.29, 0.717) is 25.9 Å². The van der Waals surface area contributed by atoms with Crippen LogP contribution in [0, 0.1) is 0 Å². The van der Waals surface area contributed by atoms with Gasteiger partial charge in [0.1, 0.15) is 0 Å². The van der Waals surface area contributed by atoms with Crippen LogP contribution in [-0.4, -0.2) is 47.4 Å². The maximum atomic E-state index is 12.5. The number of unbranched alkanes of at least 4 members (excludes halogenated alkanes) is 43. The van der Waals surface area contributed by atoms with E-state index in [4.69, 9.17) is 4.74 Å². The maximum absolute atomic E-state index is 12.5. The summed E-state index contributed by atoms with van der Waals surface area (Å²) in [4.78, 5) is 24.6. The highest BCUT2D eigenvalue weighted by Crippen LogP contribution is 2.17. The lowest BCUT2D eigenvalue weighted by molar-refractivity contribution is -0.143. The molecule has 0 spiro atoms. The summed E-state index contributed by atoms with van der Waals surface area (Å²) in [5, 5.41) is 23.3. The van der Waals surface area contributed by atoms with Gasteiger partial charge in [0.15, 0.2) is 0 Å². The lowest BCUT2D eigenvalue weighted by Gasteiger charge is -2.22. The summed E-state index contributed by atoms with van der Waals surface area (Å²) in [7, 11) is 0. The molecule has 2 atom stereocenters. The number of aliphatic hydroxyl groups is 2. The lowest BCUT2D eigenvalue weighted by atomic mass is 10.0. The molecule has 0 bridgehead atoms. The minimum absolute atomic E-state index is 0.00450. The number of allylic oxidation sites excluding steroid dienone is 4. The summed E-state index contributed by atoms with van der Waals surface area (Å²) in [6.45, 7) is 4.95. The molecule has 1 amide bonds. The van der Waals surface area contributed by atoms with Crippen LogP contribution in [0.5, 0.6) is 0 Å². The molecule has 0 aliphatic rings. The van der Waals surface area contributed by atoms with Crippen molar-refractivity contribution in [2.45, 2.75) is 353 Å². The Bertz CT molecular complexity index is 1080. The van der Waals surface area contributed by atoms with E-state index in [2.05, 4.69) is 43.5 Å². The molecule has 0 aromatic carbocycles. The van der Waals surface area contributed by atoms with Crippen molar-refractivity contribution < 1.29 is 24.5 Å². The van der Waals surface area contributed by atoms with Crippen LogP contribution < -0.4 is 5.32 Å². The first-order valence-corrected chi connectivity index (χ1v) is 31.1. The zero-order valence-corrected chi connectivity index (χ0v) is 46.6. The zero-order chi connectivity index (χ0) is 50.0. The van der Waals surface area contributed by atoms with Crippen molar-refractivity contribution in [1.82, 2.24) is 5.32 Å². The van der Waals surface area contributed by atoms with Gasteiger partial charge in [-0.3, -0.25) is 9.59 Å². The van der Waals surface area contributed by atoms with Crippen LogP contribution in [0.25, 0.3) is 0 Å². The summed E-state index contributed by atoms with van der Waals surface area (Å²) < 4.78 is 5.48. The first-order chi connectivity index (χ1) is 34.0. The van der Waals surface area contributed by atoms with E-state index < -0.39 is 12.1 Å². The molecule has 0 radical (unpaired) electrons. The van der Waals surface area contributed by atoms with Crippen molar-refractivity contribution in [2.75, 3.05) is 13.2 Å². The van der Waals surface area contributed by atoms with Gasteiger partial charge in [0, 0.05) is 12.8 Å². The van der Waals surface area contributed by atoms with Crippen LogP contribution in [-0.2, 0) is 14.3 Å². The number of hydrogen-bond acceptors (Lipinski definition) is 5. The molecule has 0 heterocycles. The van der Waals surface area contributed by atoms with E-state index in [1.807, 2.05) is 0 Å². The molecular formula is C63H121NO5. The van der Waals surface area contributed by atoms with Gasteiger partial charge in [-0.2, -0.15) is 0 Å². The number of aliphatic hydroxyl groups excluding tert-OH is 2. The van der Waals surface area contributed by atoms with Gasteiger partial charge in [0.2, 0.25) is 5.91 Å². The number of hydrogen-bond donors (Lipinski definition) is 3. The number of ether oxygens (including phenoxy) is 1. The Balaban J connectivity index is 3.44. The minimum Gasteiger partial charge on any atom is -0.466 e. The lowest BCUT2D eigenvalue weighted by Crippen LogP contribution is -2.45. The zero-order valence-electron chi connectivity index (χ0n) is 46.6. The van der Waals surface area contributed by atoms with Gasteiger partial charge in [-0.15, -0.1) is 0 Å². The number of carbonyl (C=O) groups excluding carboxylic acids is 2. The molecule has 6 heteroatoms. The Hall–Kier alpha value is -1.66. The van der Waals surface area contributed by atoms with Crippen molar-refractivity contribution in [1.29, 1.82) is 0 Å². The number of amides is 1. The maximum Gasteiger partial charge on any atom is 0.305 e. The fourth-order valence-corrected chi connectivity index (χ4v) is 9.69. The fourth-order valence-electron chi connectivity index (χ4n) is 9.69. The summed E-state index contributed by atoms with van der Waals surface area (Å²) >= 11 is 0. The minimum atomic E-state index is -0.673. The molecule has 2 unspecified atom stereocenters. The van der Waals surface area contributed by atoms with Gasteiger partial charge in [-0.05, 0) is 77.0 Å². The largest absolute Gasteiger partial charge is 0.466 e. The first-order valence-electron chi connectivity index (χ1n) is 31.1. The summed E-state index contributed by atoms with van der Waals surface area (Å²) in [6, 6.07) is -0.551. The van der Waals surface area contributed by atoms with E-state index in [1.165, 1.54) is 250 Å². The number of rotatable bonds is 58. The number of nitrogens with one attached hydrogen (secondary N) is 1. The third-order valence-corrected chi connectivity index (χ3v) is 14.5. The highest BCUT2D eigenvalue weighted by molar-refractivity contribution is 5.76. The highest BCUT2D eigenvalue weighted by Gasteiger charge is 2.20. The van der Waals surface area contributed by atoms with Crippen LogP contribution in [0.4, 0.5) is 0 Å². The van der Waals surface area contributed by atoms with E-state index >= 15 is 0 Å². The predicted molar refractivity (Wildman–Crippen MR) is 301 cm³/mol. The molecule has 0 aliphatic heterocycles. The fraction of sp³-hybridized carbons (Fsp3) is 0.905. The van der Waals surface area contributed by atoms with Gasteiger partial charge >= 0.3 is 5.97 Å². The van der Waals surface area contributed by atoms with Gasteiger partial charge in [-0.1, -0.05) is 276 Å². The van der Waals surface area contributed by atoms with Gasteiger partial charge in [0.05, 0.1) is 25.4 Å². The van der Waals surface area contributed by atoms with Crippen LogP contribution in [0.1, 0.15) is 341 Å². The van der Waals surface area contributed by atoms with E-state index in [0.717, 1.165) is 57.8 Å². The Morgan fingerprint density at radius 1 is 0.391 bits per heavy atom. The molecule has 3 N–H and O–H groups in total. The standard InChI is InChI=1S/C63H121NO5/c1-3-5-7-9-11-13-15-17-19-21-24-27-31-35-39-43-47-51-55-61(66)60(59-65)64-62(67)56-52-48-44-40-36-32-28-25-22-26-30-34-38-42-46-50-54-58-69-63(68)57-53-49-45-41-37-33-29-23-20-18-16-14-12-10-8-6-4-2/h18,20,22,26,60-61,65-66H,3-17,19,21,23-25,27-59H2,1-2H3,(H,64,67)/b20-18-,26-22-. The van der Waals surface area contributed by atoms with Crippen LogP contribution in [0.2, 0.25) is 0 Å². The van der Waals surface area contributed by atoms with Gasteiger partial charge in [0.25, 0.3) is 0 Å². The second kappa shape index (κ2) is 58.9. The molecule has 0 rings (SSSR count). The van der Waals surface area contributed by atoms with Crippen molar-refractivity contribution in [3.8, 4) is 0 Å². The van der Waals surface area contributed by atoms with Crippen molar-refractivity contribution in [2.24, 2.45) is 0 Å². The Labute approximate surface area is 431 Å². The molecular weight excluding hydrogens is 851 g/mol. The second-order valence-corrected chi connectivity index (χ2v) is 21.4. The van der Waals surface area contributed by atoms with Gasteiger partial charge in [-0.25, -0.2) is 0 Å². The average Bonchev–Trinajstić information content (AvgIpc) is 3.35. The third-order valence-electron chi connectivity index (χ3n) is 14.5. The Morgan fingerprint density at radius 2 is 0.681 bits per heavy atom. The average molecular weight is 973 g/mol. The van der Waals surface area contributed by atoms with Crippen molar-refractivity contribution in [3.05, 3.63) is 24.3 Å². The smallest absolute Gasteiger partial charge is 0.305 e. The summed E-state index contributed by atoms with van der Waals surface area (Å²) in [5.74, 6) is -0.0490. The number of esters is 1. The monoisotopic (exact) mass is 972 g/mol. The molecule has 6 nitrogen and oxygen atoms in total. The third kappa shape index (κ3) is 55.5. The molecule has 0 aliphatic carbocycles. The molecule has 0 fully saturated rings. The van der Waals surface area contributed by atoms with Crippen LogP contribution >= 0.6 is 0 Å².